The molecule has 0 saturated carbocycles. The van der Waals surface area contributed by atoms with Crippen LogP contribution < -0.4 is 5.32 Å². The zero-order valence-electron chi connectivity index (χ0n) is 10.6. The maximum absolute atomic E-state index is 5.34. The SMILES string of the molecule is CC(C)(NCCN1CCOCC1)c1nccs1. The van der Waals surface area contributed by atoms with Crippen LogP contribution in [0.3, 0.4) is 0 Å². The minimum absolute atomic E-state index is 0.0273. The summed E-state index contributed by atoms with van der Waals surface area (Å²) in [6.45, 7) is 10.3. The predicted molar refractivity (Wildman–Crippen MR) is 70.4 cm³/mol. The molecule has 1 aliphatic rings. The lowest BCUT2D eigenvalue weighted by atomic mass is 10.1. The second-order valence-corrected chi connectivity index (χ2v) is 5.74. The predicted octanol–water partition coefficient (Wildman–Crippen LogP) is 1.30. The van der Waals surface area contributed by atoms with E-state index in [0.29, 0.717) is 0 Å². The molecular formula is C12H21N3OS. The number of rotatable bonds is 5. The first-order valence-corrected chi connectivity index (χ1v) is 7.01. The van der Waals surface area contributed by atoms with E-state index in [1.807, 2.05) is 11.6 Å². The fourth-order valence-corrected chi connectivity index (χ4v) is 2.70. The van der Waals surface area contributed by atoms with Crippen molar-refractivity contribution >= 4 is 11.3 Å². The highest BCUT2D eigenvalue weighted by Crippen LogP contribution is 2.21. The summed E-state index contributed by atoms with van der Waals surface area (Å²) in [4.78, 5) is 6.81. The first kappa shape index (κ1) is 13.0. The monoisotopic (exact) mass is 255 g/mol. The number of hydrogen-bond acceptors (Lipinski definition) is 5. The van der Waals surface area contributed by atoms with Crippen molar-refractivity contribution in [3.05, 3.63) is 16.6 Å². The Kier molecular flexibility index (Phi) is 4.50. The molecule has 17 heavy (non-hydrogen) atoms. The first-order valence-electron chi connectivity index (χ1n) is 6.13. The van der Waals surface area contributed by atoms with E-state index in [0.717, 1.165) is 44.4 Å². The van der Waals surface area contributed by atoms with Crippen LogP contribution in [-0.2, 0) is 10.3 Å². The van der Waals surface area contributed by atoms with Gasteiger partial charge in [0.2, 0.25) is 0 Å². The highest BCUT2D eigenvalue weighted by molar-refractivity contribution is 7.09. The third kappa shape index (κ3) is 3.74. The van der Waals surface area contributed by atoms with Crippen LogP contribution in [0.15, 0.2) is 11.6 Å². The molecule has 96 valence electrons. The quantitative estimate of drug-likeness (QED) is 0.860. The van der Waals surface area contributed by atoms with Gasteiger partial charge in [-0.2, -0.15) is 0 Å². The fourth-order valence-electron chi connectivity index (χ4n) is 1.96. The molecule has 1 saturated heterocycles. The van der Waals surface area contributed by atoms with Gasteiger partial charge in [-0.05, 0) is 13.8 Å². The molecule has 1 aromatic rings. The average Bonchev–Trinajstić information content (AvgIpc) is 2.84. The van der Waals surface area contributed by atoms with Crippen LogP contribution in [0.5, 0.6) is 0 Å². The molecule has 0 spiro atoms. The Balaban J connectivity index is 1.74. The molecule has 0 atom stereocenters. The summed E-state index contributed by atoms with van der Waals surface area (Å²) in [6.07, 6.45) is 1.87. The van der Waals surface area contributed by atoms with Crippen LogP contribution in [0.25, 0.3) is 0 Å². The zero-order chi connectivity index (χ0) is 12.1. The van der Waals surface area contributed by atoms with Gasteiger partial charge in [0, 0.05) is 37.8 Å². The van der Waals surface area contributed by atoms with Gasteiger partial charge in [0.05, 0.1) is 18.8 Å². The number of thiazole rings is 1. The van der Waals surface area contributed by atoms with E-state index in [4.69, 9.17) is 4.74 Å². The van der Waals surface area contributed by atoms with E-state index in [-0.39, 0.29) is 5.54 Å². The number of nitrogens with one attached hydrogen (secondary N) is 1. The first-order chi connectivity index (χ1) is 8.18. The molecule has 2 heterocycles. The summed E-state index contributed by atoms with van der Waals surface area (Å²) in [6, 6.07) is 0. The van der Waals surface area contributed by atoms with E-state index >= 15 is 0 Å². The molecule has 0 unspecified atom stereocenters. The molecule has 0 aromatic carbocycles. The zero-order valence-corrected chi connectivity index (χ0v) is 11.4. The summed E-state index contributed by atoms with van der Waals surface area (Å²) >= 11 is 1.71. The number of aromatic nitrogens is 1. The second kappa shape index (κ2) is 5.91. The van der Waals surface area contributed by atoms with Gasteiger partial charge in [-0.15, -0.1) is 11.3 Å². The van der Waals surface area contributed by atoms with Crippen LogP contribution in [-0.4, -0.2) is 49.3 Å². The number of ether oxygens (including phenoxy) is 1. The van der Waals surface area contributed by atoms with E-state index < -0.39 is 0 Å². The molecule has 5 heteroatoms. The van der Waals surface area contributed by atoms with E-state index in [1.54, 1.807) is 11.3 Å². The Bertz CT molecular complexity index is 321. The molecule has 0 amide bonds. The van der Waals surface area contributed by atoms with Gasteiger partial charge in [0.25, 0.3) is 0 Å². The molecule has 0 aliphatic carbocycles. The maximum Gasteiger partial charge on any atom is 0.112 e. The van der Waals surface area contributed by atoms with Crippen LogP contribution in [0, 0.1) is 0 Å². The number of morpholine rings is 1. The summed E-state index contributed by atoms with van der Waals surface area (Å²) in [5.41, 5.74) is -0.0273. The number of nitrogens with zero attached hydrogens (tertiary/aromatic N) is 2. The summed E-state index contributed by atoms with van der Waals surface area (Å²) in [7, 11) is 0. The lowest BCUT2D eigenvalue weighted by Gasteiger charge is -2.29. The molecule has 4 nitrogen and oxygen atoms in total. The van der Waals surface area contributed by atoms with Gasteiger partial charge >= 0.3 is 0 Å². The Morgan fingerprint density at radius 1 is 1.47 bits per heavy atom. The Hall–Kier alpha value is -0.490. The summed E-state index contributed by atoms with van der Waals surface area (Å²) < 4.78 is 5.34. The van der Waals surface area contributed by atoms with Crippen molar-refractivity contribution < 1.29 is 4.74 Å². The molecule has 2 rings (SSSR count). The van der Waals surface area contributed by atoms with Crippen molar-refractivity contribution in [1.82, 2.24) is 15.2 Å². The molecule has 0 radical (unpaired) electrons. The van der Waals surface area contributed by atoms with Gasteiger partial charge in [0.15, 0.2) is 0 Å². The Morgan fingerprint density at radius 3 is 2.88 bits per heavy atom. The van der Waals surface area contributed by atoms with Crippen LogP contribution in [0.1, 0.15) is 18.9 Å². The molecule has 1 fully saturated rings. The Morgan fingerprint density at radius 2 is 2.24 bits per heavy atom. The van der Waals surface area contributed by atoms with Gasteiger partial charge in [-0.1, -0.05) is 0 Å². The highest BCUT2D eigenvalue weighted by Gasteiger charge is 2.22. The van der Waals surface area contributed by atoms with Crippen LogP contribution in [0.4, 0.5) is 0 Å². The minimum Gasteiger partial charge on any atom is -0.379 e. The third-order valence-corrected chi connectivity index (χ3v) is 4.16. The fraction of sp³-hybridized carbons (Fsp3) is 0.750. The third-order valence-electron chi connectivity index (χ3n) is 3.07. The average molecular weight is 255 g/mol. The van der Waals surface area contributed by atoms with Crippen molar-refractivity contribution in [2.24, 2.45) is 0 Å². The van der Waals surface area contributed by atoms with Gasteiger partial charge in [-0.3, -0.25) is 4.90 Å². The molecular weight excluding hydrogens is 234 g/mol. The highest BCUT2D eigenvalue weighted by atomic mass is 32.1. The van der Waals surface area contributed by atoms with Crippen LogP contribution >= 0.6 is 11.3 Å². The lowest BCUT2D eigenvalue weighted by molar-refractivity contribution is 0.0376. The minimum atomic E-state index is -0.0273. The van der Waals surface area contributed by atoms with E-state index in [2.05, 4.69) is 29.0 Å². The summed E-state index contributed by atoms with van der Waals surface area (Å²) in [5, 5.41) is 6.75. The molecule has 1 aliphatic heterocycles. The lowest BCUT2D eigenvalue weighted by Crippen LogP contribution is -2.44. The number of hydrogen-bond donors (Lipinski definition) is 1. The van der Waals surface area contributed by atoms with Gasteiger partial charge in [0.1, 0.15) is 5.01 Å². The van der Waals surface area contributed by atoms with Crippen molar-refractivity contribution in [2.75, 3.05) is 39.4 Å². The topological polar surface area (TPSA) is 37.4 Å². The normalized spacial score (nSPS) is 18.5. The van der Waals surface area contributed by atoms with Crippen molar-refractivity contribution in [2.45, 2.75) is 19.4 Å². The smallest absolute Gasteiger partial charge is 0.112 e. The van der Waals surface area contributed by atoms with Gasteiger partial charge in [-0.25, -0.2) is 4.98 Å². The van der Waals surface area contributed by atoms with Crippen molar-refractivity contribution in [1.29, 1.82) is 0 Å². The molecule has 0 bridgehead atoms. The van der Waals surface area contributed by atoms with E-state index in [9.17, 15) is 0 Å². The second-order valence-electron chi connectivity index (χ2n) is 4.84. The maximum atomic E-state index is 5.34. The van der Waals surface area contributed by atoms with Crippen molar-refractivity contribution in [3.63, 3.8) is 0 Å². The molecule has 1 N–H and O–H groups in total. The Labute approximate surface area is 107 Å². The summed E-state index contributed by atoms with van der Waals surface area (Å²) in [5.74, 6) is 0. The largest absolute Gasteiger partial charge is 0.379 e. The standard InChI is InChI=1S/C12H21N3OS/c1-12(2,11-13-4-10-17-11)14-3-5-15-6-8-16-9-7-15/h4,10,14H,3,5-9H2,1-2H3. The van der Waals surface area contributed by atoms with Crippen molar-refractivity contribution in [3.8, 4) is 0 Å². The van der Waals surface area contributed by atoms with Gasteiger partial charge < -0.3 is 10.1 Å². The molecule has 1 aromatic heterocycles. The van der Waals surface area contributed by atoms with Crippen LogP contribution in [0.2, 0.25) is 0 Å². The van der Waals surface area contributed by atoms with E-state index in [1.165, 1.54) is 0 Å².